The van der Waals surface area contributed by atoms with E-state index in [1.807, 2.05) is 0 Å². The molecule has 0 aliphatic carbocycles. The molecule has 1 aliphatic rings. The number of methoxy groups -OCH3 is 2. The number of carbonyl (C=O) groups excluding carboxylic acids is 2. The van der Waals surface area contributed by atoms with Crippen molar-refractivity contribution < 1.29 is 33.0 Å². The van der Waals surface area contributed by atoms with Crippen molar-refractivity contribution in [2.75, 3.05) is 27.4 Å². The van der Waals surface area contributed by atoms with Gasteiger partial charge in [0.05, 0.1) is 24.9 Å². The van der Waals surface area contributed by atoms with Crippen LogP contribution in [0.5, 0.6) is 5.75 Å². The highest BCUT2D eigenvalue weighted by Gasteiger charge is 2.47. The molecule has 7 nitrogen and oxygen atoms in total. The maximum atomic E-state index is 13.8. The Morgan fingerprint density at radius 3 is 2.61 bits per heavy atom. The van der Waals surface area contributed by atoms with Crippen LogP contribution >= 0.6 is 0 Å². The van der Waals surface area contributed by atoms with Gasteiger partial charge in [0.15, 0.2) is 0 Å². The van der Waals surface area contributed by atoms with Crippen molar-refractivity contribution in [3.8, 4) is 5.75 Å². The number of likely N-dealkylation sites (tertiary alicyclic amines) is 1. The van der Waals surface area contributed by atoms with Crippen LogP contribution in [0.2, 0.25) is 0 Å². The number of carbonyl (C=O) groups is 2. The predicted octanol–water partition coefficient (Wildman–Crippen LogP) is 2.80. The number of aliphatic hydroxyl groups excluding tert-OH is 1. The molecule has 1 amide bonds. The molecule has 2 aromatic rings. The summed E-state index contributed by atoms with van der Waals surface area (Å²) in [5.74, 6) is -1.79. The fraction of sp³-hybridized carbons (Fsp3) is 0.300. The average molecular weight is 389 g/mol. The normalized spacial score (nSPS) is 18.7. The smallest absolute Gasteiger partial charge is 0.295 e. The van der Waals surface area contributed by atoms with Crippen LogP contribution in [0.4, 0.5) is 4.39 Å². The molecule has 0 radical (unpaired) electrons. The average Bonchev–Trinajstić information content (AvgIpc) is 3.21. The minimum Gasteiger partial charge on any atom is -0.507 e. The molecule has 1 unspecified atom stereocenters. The SMILES string of the molecule is COCCN1C(=O)C(=O)/C(=C(/O)c2cc(F)ccc2OC)C1c1ccc(C)o1. The topological polar surface area (TPSA) is 89.2 Å². The van der Waals surface area contributed by atoms with Crippen molar-refractivity contribution in [2.45, 2.75) is 13.0 Å². The van der Waals surface area contributed by atoms with Gasteiger partial charge in [0.25, 0.3) is 11.7 Å². The van der Waals surface area contributed by atoms with Gasteiger partial charge in [0.2, 0.25) is 0 Å². The summed E-state index contributed by atoms with van der Waals surface area (Å²) < 4.78 is 29.6. The number of aliphatic hydroxyl groups is 1. The number of rotatable bonds is 6. The van der Waals surface area contributed by atoms with Crippen LogP contribution in [-0.4, -0.2) is 49.1 Å². The molecule has 1 aromatic heterocycles. The number of aryl methyl sites for hydroxylation is 1. The molecule has 1 N–H and O–H groups in total. The lowest BCUT2D eigenvalue weighted by Gasteiger charge is -2.23. The first-order chi connectivity index (χ1) is 13.4. The number of amides is 1. The Kier molecular flexibility index (Phi) is 5.51. The minimum absolute atomic E-state index is 0.0273. The number of ketones is 1. The van der Waals surface area contributed by atoms with E-state index in [1.54, 1.807) is 19.1 Å². The number of nitrogens with zero attached hydrogens (tertiary/aromatic N) is 1. The zero-order chi connectivity index (χ0) is 20.4. The maximum absolute atomic E-state index is 13.8. The van der Waals surface area contributed by atoms with Crippen LogP contribution in [-0.2, 0) is 14.3 Å². The first-order valence-electron chi connectivity index (χ1n) is 8.56. The summed E-state index contributed by atoms with van der Waals surface area (Å²) in [5, 5.41) is 10.9. The lowest BCUT2D eigenvalue weighted by Crippen LogP contribution is -2.32. The fourth-order valence-electron chi connectivity index (χ4n) is 3.21. The standard InChI is InChI=1S/C20H20FNO6/c1-11-4-6-15(28-11)17-16(19(24)20(25)22(17)8-9-26-2)18(23)13-10-12(21)5-7-14(13)27-3/h4-7,10,17,23H,8-9H2,1-3H3/b18-16+. The molecular weight excluding hydrogens is 369 g/mol. The predicted molar refractivity (Wildman–Crippen MR) is 97.3 cm³/mol. The van der Waals surface area contributed by atoms with Crippen molar-refractivity contribution in [3.63, 3.8) is 0 Å². The molecule has 1 saturated heterocycles. The molecule has 1 aromatic carbocycles. The van der Waals surface area contributed by atoms with Crippen LogP contribution in [0.15, 0.2) is 40.3 Å². The fourth-order valence-corrected chi connectivity index (χ4v) is 3.21. The Morgan fingerprint density at radius 1 is 1.25 bits per heavy atom. The van der Waals surface area contributed by atoms with E-state index in [9.17, 15) is 19.1 Å². The van der Waals surface area contributed by atoms with Gasteiger partial charge < -0.3 is 23.9 Å². The number of halogens is 1. The van der Waals surface area contributed by atoms with E-state index < -0.39 is 29.3 Å². The molecule has 3 rings (SSSR count). The summed E-state index contributed by atoms with van der Waals surface area (Å²) in [5.41, 5.74) is -0.222. The number of hydrogen-bond donors (Lipinski definition) is 1. The highest BCUT2D eigenvalue weighted by atomic mass is 19.1. The molecule has 0 spiro atoms. The highest BCUT2D eigenvalue weighted by molar-refractivity contribution is 6.46. The molecule has 8 heteroatoms. The third-order valence-electron chi connectivity index (χ3n) is 4.52. The monoisotopic (exact) mass is 389 g/mol. The summed E-state index contributed by atoms with van der Waals surface area (Å²) >= 11 is 0. The molecular formula is C20H20FNO6. The van der Waals surface area contributed by atoms with Gasteiger partial charge >= 0.3 is 0 Å². The summed E-state index contributed by atoms with van der Waals surface area (Å²) in [4.78, 5) is 26.6. The Balaban J connectivity index is 2.21. The number of furan rings is 1. The van der Waals surface area contributed by atoms with Crippen LogP contribution in [0.25, 0.3) is 5.76 Å². The van der Waals surface area contributed by atoms with E-state index >= 15 is 0 Å². The Bertz CT molecular complexity index is 948. The number of Topliss-reactive ketones (excluding diaryl/α,β-unsaturated/α-hetero) is 1. The van der Waals surface area contributed by atoms with Gasteiger partial charge in [-0.15, -0.1) is 0 Å². The number of ether oxygens (including phenoxy) is 2. The number of hydrogen-bond acceptors (Lipinski definition) is 6. The second-order valence-corrected chi connectivity index (χ2v) is 6.28. The largest absolute Gasteiger partial charge is 0.507 e. The van der Waals surface area contributed by atoms with Gasteiger partial charge in [-0.3, -0.25) is 9.59 Å². The Morgan fingerprint density at radius 2 is 2.00 bits per heavy atom. The quantitative estimate of drug-likeness (QED) is 0.464. The van der Waals surface area contributed by atoms with Crippen LogP contribution < -0.4 is 4.74 Å². The van der Waals surface area contributed by atoms with Crippen molar-refractivity contribution in [3.05, 3.63) is 58.8 Å². The van der Waals surface area contributed by atoms with Gasteiger partial charge in [0.1, 0.15) is 34.9 Å². The van der Waals surface area contributed by atoms with Crippen molar-refractivity contribution in [1.29, 1.82) is 0 Å². The summed E-state index contributed by atoms with van der Waals surface area (Å²) in [7, 11) is 2.83. The molecule has 1 aliphatic heterocycles. The highest BCUT2D eigenvalue weighted by Crippen LogP contribution is 2.41. The van der Waals surface area contributed by atoms with Gasteiger partial charge in [-0.1, -0.05) is 0 Å². The van der Waals surface area contributed by atoms with Crippen LogP contribution in [0, 0.1) is 12.7 Å². The van der Waals surface area contributed by atoms with E-state index in [4.69, 9.17) is 13.9 Å². The lowest BCUT2D eigenvalue weighted by molar-refractivity contribution is -0.140. The summed E-state index contributed by atoms with van der Waals surface area (Å²) in [6.07, 6.45) is 0. The molecule has 2 heterocycles. The second kappa shape index (κ2) is 7.85. The van der Waals surface area contributed by atoms with Gasteiger partial charge in [-0.05, 0) is 37.3 Å². The molecule has 0 saturated carbocycles. The molecule has 0 bridgehead atoms. The van der Waals surface area contributed by atoms with Crippen molar-refractivity contribution in [1.82, 2.24) is 4.90 Å². The molecule has 1 fully saturated rings. The first-order valence-corrected chi connectivity index (χ1v) is 8.56. The lowest BCUT2D eigenvalue weighted by atomic mass is 9.98. The third kappa shape index (κ3) is 3.38. The van der Waals surface area contributed by atoms with Gasteiger partial charge in [-0.25, -0.2) is 4.39 Å². The molecule has 1 atom stereocenters. The number of benzene rings is 1. The van der Waals surface area contributed by atoms with Crippen molar-refractivity contribution >= 4 is 17.4 Å². The van der Waals surface area contributed by atoms with E-state index in [-0.39, 0.29) is 30.0 Å². The van der Waals surface area contributed by atoms with E-state index in [0.717, 1.165) is 6.07 Å². The summed E-state index contributed by atoms with van der Waals surface area (Å²) in [6, 6.07) is 5.89. The first kappa shape index (κ1) is 19.6. The zero-order valence-corrected chi connectivity index (χ0v) is 15.7. The Labute approximate surface area is 161 Å². The van der Waals surface area contributed by atoms with E-state index in [2.05, 4.69) is 0 Å². The van der Waals surface area contributed by atoms with E-state index in [0.29, 0.717) is 11.5 Å². The second-order valence-electron chi connectivity index (χ2n) is 6.28. The van der Waals surface area contributed by atoms with E-state index in [1.165, 1.54) is 31.3 Å². The third-order valence-corrected chi connectivity index (χ3v) is 4.52. The summed E-state index contributed by atoms with van der Waals surface area (Å²) in [6.45, 7) is 2.02. The van der Waals surface area contributed by atoms with Crippen molar-refractivity contribution in [2.24, 2.45) is 0 Å². The maximum Gasteiger partial charge on any atom is 0.295 e. The van der Waals surface area contributed by atoms with Crippen LogP contribution in [0.1, 0.15) is 23.1 Å². The minimum atomic E-state index is -0.961. The van der Waals surface area contributed by atoms with Gasteiger partial charge in [-0.2, -0.15) is 0 Å². The van der Waals surface area contributed by atoms with Gasteiger partial charge in [0, 0.05) is 13.7 Å². The Hall–Kier alpha value is -3.13. The van der Waals surface area contributed by atoms with Crippen LogP contribution in [0.3, 0.4) is 0 Å². The molecule has 28 heavy (non-hydrogen) atoms. The zero-order valence-electron chi connectivity index (χ0n) is 15.7. The molecule has 148 valence electrons.